The first kappa shape index (κ1) is 6.22. The zero-order valence-corrected chi connectivity index (χ0v) is 5.67. The van der Waals surface area contributed by atoms with Crippen molar-refractivity contribution >= 4 is 10.9 Å². The molecule has 1 N–H and O–H groups in total. The number of fused-ring (bicyclic) bond motifs is 1. The fourth-order valence-corrected chi connectivity index (χ4v) is 1.07. The molecule has 1 aromatic heterocycles. The monoisotopic (exact) mass is 151 g/mol. The van der Waals surface area contributed by atoms with E-state index in [4.69, 9.17) is 0 Å². The Labute approximate surface area is 62.5 Å². The van der Waals surface area contributed by atoms with Crippen LogP contribution >= 0.6 is 0 Å². The predicted molar refractivity (Wildman–Crippen MR) is 40.0 cm³/mol. The predicted octanol–water partition coefficient (Wildman–Crippen LogP) is 2.43. The van der Waals surface area contributed by atoms with Crippen LogP contribution in [-0.4, -0.2) is 4.98 Å². The SMILES string of the molecule is FOc1ccc2cc[nH]c2c1. The average Bonchev–Trinajstić information content (AvgIpc) is 2.50. The second-order valence-corrected chi connectivity index (χ2v) is 2.30. The normalized spacial score (nSPS) is 10.3. The Bertz CT molecular complexity index is 369. The molecule has 0 saturated heterocycles. The van der Waals surface area contributed by atoms with E-state index in [2.05, 4.69) is 9.93 Å². The van der Waals surface area contributed by atoms with Gasteiger partial charge in [0.2, 0.25) is 0 Å². The van der Waals surface area contributed by atoms with Gasteiger partial charge in [-0.3, -0.25) is 4.94 Å². The van der Waals surface area contributed by atoms with Crippen molar-refractivity contribution in [3.8, 4) is 5.75 Å². The second kappa shape index (κ2) is 2.27. The number of H-pyrrole nitrogens is 1. The molecule has 0 atom stereocenters. The number of aromatic nitrogens is 1. The molecule has 1 aromatic carbocycles. The third-order valence-electron chi connectivity index (χ3n) is 1.62. The fraction of sp³-hybridized carbons (Fsp3) is 0. The summed E-state index contributed by atoms with van der Waals surface area (Å²) >= 11 is 0. The van der Waals surface area contributed by atoms with Gasteiger partial charge in [0, 0.05) is 22.3 Å². The minimum Gasteiger partial charge on any atom is -0.361 e. The van der Waals surface area contributed by atoms with Crippen LogP contribution in [0, 0.1) is 0 Å². The highest BCUT2D eigenvalue weighted by Gasteiger charge is 1.96. The Morgan fingerprint density at radius 3 is 3.00 bits per heavy atom. The Morgan fingerprint density at radius 2 is 2.18 bits per heavy atom. The van der Waals surface area contributed by atoms with Crippen molar-refractivity contribution in [3.63, 3.8) is 0 Å². The molecule has 0 saturated carbocycles. The van der Waals surface area contributed by atoms with Crippen molar-refractivity contribution in [2.45, 2.75) is 0 Å². The van der Waals surface area contributed by atoms with Crippen molar-refractivity contribution in [1.29, 1.82) is 0 Å². The quantitative estimate of drug-likeness (QED) is 0.665. The zero-order chi connectivity index (χ0) is 7.68. The molecule has 1 heterocycles. The van der Waals surface area contributed by atoms with E-state index >= 15 is 0 Å². The minimum absolute atomic E-state index is 0.222. The third kappa shape index (κ3) is 0.941. The largest absolute Gasteiger partial charge is 0.361 e. The van der Waals surface area contributed by atoms with Crippen LogP contribution in [0.25, 0.3) is 10.9 Å². The Balaban J connectivity index is 2.67. The van der Waals surface area contributed by atoms with Crippen LogP contribution in [0.2, 0.25) is 0 Å². The van der Waals surface area contributed by atoms with Crippen LogP contribution < -0.4 is 4.94 Å². The molecule has 2 aromatic rings. The highest BCUT2D eigenvalue weighted by atomic mass is 19.3. The van der Waals surface area contributed by atoms with Gasteiger partial charge < -0.3 is 4.98 Å². The summed E-state index contributed by atoms with van der Waals surface area (Å²) in [5.74, 6) is 0.222. The van der Waals surface area contributed by atoms with Gasteiger partial charge >= 0.3 is 0 Å². The first-order chi connectivity index (χ1) is 5.40. The molecular weight excluding hydrogens is 145 g/mol. The molecule has 0 radical (unpaired) electrons. The molecule has 56 valence electrons. The number of hydrogen-bond acceptors (Lipinski definition) is 1. The molecule has 0 spiro atoms. The van der Waals surface area contributed by atoms with E-state index in [1.54, 1.807) is 24.4 Å². The number of hydrogen-bond donors (Lipinski definition) is 1. The van der Waals surface area contributed by atoms with Gasteiger partial charge in [-0.1, -0.05) is 0 Å². The van der Waals surface area contributed by atoms with Gasteiger partial charge in [0.05, 0.1) is 0 Å². The summed E-state index contributed by atoms with van der Waals surface area (Å²) in [5, 5.41) is 1.05. The van der Waals surface area contributed by atoms with Gasteiger partial charge in [0.15, 0.2) is 5.75 Å². The maximum Gasteiger partial charge on any atom is 0.174 e. The van der Waals surface area contributed by atoms with Gasteiger partial charge in [-0.25, -0.2) is 0 Å². The molecule has 2 nitrogen and oxygen atoms in total. The van der Waals surface area contributed by atoms with Crippen molar-refractivity contribution in [3.05, 3.63) is 30.5 Å². The van der Waals surface area contributed by atoms with E-state index in [1.807, 2.05) is 6.07 Å². The summed E-state index contributed by atoms with van der Waals surface area (Å²) in [7, 11) is 0. The summed E-state index contributed by atoms with van der Waals surface area (Å²) < 4.78 is 11.6. The summed E-state index contributed by atoms with van der Waals surface area (Å²) in [4.78, 5) is 6.52. The van der Waals surface area contributed by atoms with Crippen LogP contribution in [0.3, 0.4) is 0 Å². The van der Waals surface area contributed by atoms with Gasteiger partial charge in [-0.15, -0.1) is 0 Å². The third-order valence-corrected chi connectivity index (χ3v) is 1.62. The molecular formula is C8H6FNO. The van der Waals surface area contributed by atoms with Crippen LogP contribution in [0.1, 0.15) is 0 Å². The van der Waals surface area contributed by atoms with E-state index in [9.17, 15) is 4.53 Å². The highest BCUT2D eigenvalue weighted by Crippen LogP contribution is 2.19. The van der Waals surface area contributed by atoms with Crippen LogP contribution in [0.15, 0.2) is 30.5 Å². The topological polar surface area (TPSA) is 25.0 Å². The molecule has 0 aliphatic rings. The number of nitrogens with one attached hydrogen (secondary N) is 1. The maximum absolute atomic E-state index is 11.6. The van der Waals surface area contributed by atoms with Crippen molar-refractivity contribution in [1.82, 2.24) is 4.98 Å². The van der Waals surface area contributed by atoms with Crippen LogP contribution in [-0.2, 0) is 0 Å². The molecule has 0 unspecified atom stereocenters. The average molecular weight is 151 g/mol. The Kier molecular flexibility index (Phi) is 1.28. The second-order valence-electron chi connectivity index (χ2n) is 2.30. The van der Waals surface area contributed by atoms with E-state index in [-0.39, 0.29) is 5.75 Å². The smallest absolute Gasteiger partial charge is 0.174 e. The first-order valence-corrected chi connectivity index (χ1v) is 3.26. The lowest BCUT2D eigenvalue weighted by molar-refractivity contribution is -0.00604. The maximum atomic E-state index is 11.6. The molecule has 0 amide bonds. The summed E-state index contributed by atoms with van der Waals surface area (Å²) in [5.41, 5.74) is 0.875. The molecule has 0 bridgehead atoms. The number of aromatic amines is 1. The zero-order valence-electron chi connectivity index (χ0n) is 5.67. The minimum atomic E-state index is 0.222. The lowest BCUT2D eigenvalue weighted by Crippen LogP contribution is -1.75. The van der Waals surface area contributed by atoms with E-state index in [0.717, 1.165) is 10.9 Å². The molecule has 11 heavy (non-hydrogen) atoms. The molecule has 0 aliphatic heterocycles. The Morgan fingerprint density at radius 1 is 1.27 bits per heavy atom. The number of rotatable bonds is 1. The summed E-state index contributed by atoms with van der Waals surface area (Å²) in [6.07, 6.45) is 1.80. The van der Waals surface area contributed by atoms with E-state index < -0.39 is 0 Å². The van der Waals surface area contributed by atoms with Gasteiger partial charge in [0.1, 0.15) is 0 Å². The fourth-order valence-electron chi connectivity index (χ4n) is 1.07. The first-order valence-electron chi connectivity index (χ1n) is 3.26. The Hall–Kier alpha value is -1.51. The number of halogens is 1. The summed E-state index contributed by atoms with van der Waals surface area (Å²) in [6.45, 7) is 0. The lowest BCUT2D eigenvalue weighted by atomic mass is 10.2. The van der Waals surface area contributed by atoms with E-state index in [0.29, 0.717) is 0 Å². The highest BCUT2D eigenvalue weighted by molar-refractivity contribution is 5.80. The van der Waals surface area contributed by atoms with E-state index in [1.165, 1.54) is 0 Å². The summed E-state index contributed by atoms with van der Waals surface area (Å²) in [6, 6.07) is 6.89. The molecule has 2 rings (SSSR count). The van der Waals surface area contributed by atoms with Crippen molar-refractivity contribution in [2.24, 2.45) is 0 Å². The van der Waals surface area contributed by atoms with Crippen molar-refractivity contribution in [2.75, 3.05) is 0 Å². The van der Waals surface area contributed by atoms with Crippen molar-refractivity contribution < 1.29 is 9.47 Å². The van der Waals surface area contributed by atoms with Crippen LogP contribution in [0.4, 0.5) is 4.53 Å². The van der Waals surface area contributed by atoms with Gasteiger partial charge in [-0.2, -0.15) is 0 Å². The molecule has 0 fully saturated rings. The number of benzene rings is 1. The van der Waals surface area contributed by atoms with Gasteiger partial charge in [-0.05, 0) is 23.6 Å². The standard InChI is InChI=1S/C8H6FNO/c9-11-7-2-1-6-3-4-10-8(6)5-7/h1-5,10H. The van der Waals surface area contributed by atoms with Crippen LogP contribution in [0.5, 0.6) is 5.75 Å². The molecule has 3 heteroatoms. The van der Waals surface area contributed by atoms with Gasteiger partial charge in [0.25, 0.3) is 0 Å². The lowest BCUT2D eigenvalue weighted by Gasteiger charge is -1.92. The molecule has 0 aliphatic carbocycles.